The third-order valence-corrected chi connectivity index (χ3v) is 8.91. The fraction of sp³-hybridized carbons (Fsp3) is 0.394. The van der Waals surface area contributed by atoms with E-state index in [0.29, 0.717) is 43.3 Å². The van der Waals surface area contributed by atoms with Crippen LogP contribution < -0.4 is 4.74 Å². The van der Waals surface area contributed by atoms with Gasteiger partial charge in [-0.2, -0.15) is 0 Å². The second-order valence-corrected chi connectivity index (χ2v) is 12.3. The van der Waals surface area contributed by atoms with E-state index in [0.717, 1.165) is 65.2 Å². The molecule has 0 N–H and O–H groups in total. The standard InChI is InChI=1S/C33H35FN4O4S/c1-2-15-41-33(40)38-13-11-37(12-14-38)21-24-5-7-27(36-20-24)31-19-28-32(43-31)30(9-10-35-28)42-29-8-6-23(18-26(29)34)17-25(39)16-22-3-4-22/h5-10,18-20,22H,2-4,11-17,21H2,1H3. The van der Waals surface area contributed by atoms with Crippen molar-refractivity contribution < 1.29 is 23.5 Å². The Hall–Kier alpha value is -3.89. The van der Waals surface area contributed by atoms with Crippen LogP contribution in [0.2, 0.25) is 0 Å². The number of benzene rings is 1. The topological polar surface area (TPSA) is 84.9 Å². The number of thiophene rings is 1. The highest BCUT2D eigenvalue weighted by Gasteiger charge is 2.25. The molecule has 1 aromatic carbocycles. The van der Waals surface area contributed by atoms with Crippen molar-refractivity contribution in [1.82, 2.24) is 19.8 Å². The molecule has 0 spiro atoms. The summed E-state index contributed by atoms with van der Waals surface area (Å²) in [6.45, 7) is 6.08. The molecule has 2 aliphatic rings. The number of halogens is 1. The summed E-state index contributed by atoms with van der Waals surface area (Å²) in [5, 5.41) is 0. The maximum absolute atomic E-state index is 15.0. The van der Waals surface area contributed by atoms with Crippen molar-refractivity contribution in [3.63, 3.8) is 0 Å². The highest BCUT2D eigenvalue weighted by molar-refractivity contribution is 7.22. The molecule has 6 rings (SSSR count). The van der Waals surface area contributed by atoms with Gasteiger partial charge in [-0.05, 0) is 60.6 Å². The van der Waals surface area contributed by atoms with Gasteiger partial charge in [0.05, 0.1) is 27.4 Å². The number of amides is 1. The lowest BCUT2D eigenvalue weighted by atomic mass is 10.0. The van der Waals surface area contributed by atoms with Gasteiger partial charge in [0.25, 0.3) is 0 Å². The summed E-state index contributed by atoms with van der Waals surface area (Å²) in [4.78, 5) is 38.5. The minimum absolute atomic E-state index is 0.113. The van der Waals surface area contributed by atoms with Crippen molar-refractivity contribution in [3.05, 3.63) is 71.8 Å². The number of hydrogen-bond donors (Lipinski definition) is 0. The summed E-state index contributed by atoms with van der Waals surface area (Å²) in [6.07, 6.45) is 7.21. The Labute approximate surface area is 254 Å². The lowest BCUT2D eigenvalue weighted by Crippen LogP contribution is -2.48. The van der Waals surface area contributed by atoms with E-state index in [1.54, 1.807) is 29.3 Å². The zero-order chi connectivity index (χ0) is 29.8. The maximum Gasteiger partial charge on any atom is 0.409 e. The molecule has 8 nitrogen and oxygen atoms in total. The molecule has 0 bridgehead atoms. The SMILES string of the molecule is CCCOC(=O)N1CCN(Cc2ccc(-c3cc4nccc(Oc5ccc(CC(=O)CC6CC6)cc5F)c4s3)nc2)CC1. The highest BCUT2D eigenvalue weighted by Crippen LogP contribution is 2.39. The summed E-state index contributed by atoms with van der Waals surface area (Å²) in [6, 6.07) is 12.5. The average Bonchev–Trinajstić information content (AvgIpc) is 3.71. The van der Waals surface area contributed by atoms with Crippen LogP contribution in [-0.4, -0.2) is 64.4 Å². The lowest BCUT2D eigenvalue weighted by Gasteiger charge is -2.34. The number of ketones is 1. The van der Waals surface area contributed by atoms with Gasteiger partial charge in [-0.3, -0.25) is 19.7 Å². The number of rotatable bonds is 11. The Morgan fingerprint density at radius 2 is 1.81 bits per heavy atom. The largest absolute Gasteiger partial charge is 0.453 e. The monoisotopic (exact) mass is 602 g/mol. The normalized spacial score (nSPS) is 15.5. The molecular formula is C33H35FN4O4S. The fourth-order valence-electron chi connectivity index (χ4n) is 5.21. The van der Waals surface area contributed by atoms with Crippen molar-refractivity contribution in [1.29, 1.82) is 0 Å². The number of hydrogen-bond acceptors (Lipinski definition) is 8. The van der Waals surface area contributed by atoms with Crippen LogP contribution in [0.3, 0.4) is 0 Å². The summed E-state index contributed by atoms with van der Waals surface area (Å²) < 4.78 is 27.0. The maximum atomic E-state index is 15.0. The predicted octanol–water partition coefficient (Wildman–Crippen LogP) is 6.87. The predicted molar refractivity (Wildman–Crippen MR) is 164 cm³/mol. The van der Waals surface area contributed by atoms with Crippen LogP contribution in [0.1, 0.15) is 43.7 Å². The molecule has 0 atom stereocenters. The number of piperazine rings is 1. The van der Waals surface area contributed by atoms with Crippen molar-refractivity contribution in [2.24, 2.45) is 5.92 Å². The first kappa shape index (κ1) is 29.2. The highest BCUT2D eigenvalue weighted by atomic mass is 32.1. The third-order valence-electron chi connectivity index (χ3n) is 7.75. The van der Waals surface area contributed by atoms with E-state index in [4.69, 9.17) is 14.5 Å². The molecule has 224 valence electrons. The molecule has 0 unspecified atom stereocenters. The Kier molecular flexibility index (Phi) is 8.95. The van der Waals surface area contributed by atoms with Crippen LogP contribution in [0.15, 0.2) is 54.9 Å². The van der Waals surface area contributed by atoms with Gasteiger partial charge in [0, 0.05) is 64.0 Å². The van der Waals surface area contributed by atoms with Crippen molar-refractivity contribution >= 4 is 33.4 Å². The van der Waals surface area contributed by atoms with Crippen LogP contribution in [0.25, 0.3) is 20.8 Å². The van der Waals surface area contributed by atoms with Crippen molar-refractivity contribution in [3.8, 4) is 22.1 Å². The Morgan fingerprint density at radius 1 is 1.00 bits per heavy atom. The zero-order valence-electron chi connectivity index (χ0n) is 24.3. The minimum atomic E-state index is -0.492. The summed E-state index contributed by atoms with van der Waals surface area (Å²) in [5.41, 5.74) is 3.34. The van der Waals surface area contributed by atoms with Crippen molar-refractivity contribution in [2.45, 2.75) is 45.6 Å². The molecule has 10 heteroatoms. The van der Waals surface area contributed by atoms with Gasteiger partial charge in [-0.1, -0.05) is 19.1 Å². The van der Waals surface area contributed by atoms with Crippen LogP contribution >= 0.6 is 11.3 Å². The summed E-state index contributed by atoms with van der Waals surface area (Å²) in [5.74, 6) is 0.820. The summed E-state index contributed by atoms with van der Waals surface area (Å²) in [7, 11) is 0. The number of carbonyl (C=O) groups is 2. The Balaban J connectivity index is 1.08. The number of pyridine rings is 2. The number of ether oxygens (including phenoxy) is 2. The molecule has 1 saturated heterocycles. The van der Waals surface area contributed by atoms with Gasteiger partial charge >= 0.3 is 6.09 Å². The molecule has 0 radical (unpaired) electrons. The zero-order valence-corrected chi connectivity index (χ0v) is 25.1. The third kappa shape index (κ3) is 7.37. The van der Waals surface area contributed by atoms with Gasteiger partial charge in [0.2, 0.25) is 0 Å². The van der Waals surface area contributed by atoms with E-state index in [-0.39, 0.29) is 24.0 Å². The van der Waals surface area contributed by atoms with Crippen LogP contribution in [0.5, 0.6) is 11.5 Å². The smallest absolute Gasteiger partial charge is 0.409 e. The van der Waals surface area contributed by atoms with Gasteiger partial charge < -0.3 is 14.4 Å². The van der Waals surface area contributed by atoms with E-state index >= 15 is 0 Å². The van der Waals surface area contributed by atoms with Gasteiger partial charge in [0.15, 0.2) is 11.6 Å². The second-order valence-electron chi connectivity index (χ2n) is 11.3. The van der Waals surface area contributed by atoms with Crippen molar-refractivity contribution in [2.75, 3.05) is 32.8 Å². The summed E-state index contributed by atoms with van der Waals surface area (Å²) >= 11 is 1.50. The fourth-order valence-corrected chi connectivity index (χ4v) is 6.25. The van der Waals surface area contributed by atoms with Gasteiger partial charge in [0.1, 0.15) is 11.5 Å². The quantitative estimate of drug-likeness (QED) is 0.185. The molecular weight excluding hydrogens is 567 g/mol. The average molecular weight is 603 g/mol. The van der Waals surface area contributed by atoms with E-state index in [2.05, 4.69) is 16.0 Å². The number of nitrogens with zero attached hydrogens (tertiary/aromatic N) is 4. The number of aromatic nitrogens is 2. The molecule has 1 aliphatic carbocycles. The molecule has 4 heterocycles. The molecule has 1 saturated carbocycles. The van der Waals surface area contributed by atoms with E-state index in [1.165, 1.54) is 17.4 Å². The molecule has 1 amide bonds. The number of carbonyl (C=O) groups excluding carboxylic acids is 2. The first-order chi connectivity index (χ1) is 20.9. The van der Waals surface area contributed by atoms with Crippen LogP contribution in [0.4, 0.5) is 9.18 Å². The lowest BCUT2D eigenvalue weighted by molar-refractivity contribution is -0.118. The van der Waals surface area contributed by atoms with Gasteiger partial charge in [-0.25, -0.2) is 9.18 Å². The van der Waals surface area contributed by atoms with E-state index in [1.807, 2.05) is 25.3 Å². The van der Waals surface area contributed by atoms with E-state index < -0.39 is 5.82 Å². The first-order valence-corrected chi connectivity index (χ1v) is 15.7. The molecule has 2 fully saturated rings. The Morgan fingerprint density at radius 3 is 2.53 bits per heavy atom. The molecule has 4 aromatic rings. The van der Waals surface area contributed by atoms with E-state index in [9.17, 15) is 14.0 Å². The number of fused-ring (bicyclic) bond motifs is 1. The van der Waals surface area contributed by atoms with Crippen LogP contribution in [-0.2, 0) is 22.5 Å². The van der Waals surface area contributed by atoms with Gasteiger partial charge in [-0.15, -0.1) is 11.3 Å². The molecule has 1 aliphatic heterocycles. The minimum Gasteiger partial charge on any atom is -0.453 e. The Bertz CT molecular complexity index is 1600. The first-order valence-electron chi connectivity index (χ1n) is 14.9. The molecule has 3 aromatic heterocycles. The van der Waals surface area contributed by atoms with Crippen LogP contribution in [0, 0.1) is 11.7 Å². The molecule has 43 heavy (non-hydrogen) atoms. The number of Topliss-reactive ketones (excluding diaryl/α,β-unsaturated/α-hetero) is 1. The second kappa shape index (κ2) is 13.2.